The molecule has 5 unspecified atom stereocenters. The molecule has 0 aliphatic carbocycles. The zero-order valence-corrected chi connectivity index (χ0v) is 48.4. The first kappa shape index (κ1) is 53.4. The van der Waals surface area contributed by atoms with Crippen molar-refractivity contribution in [1.29, 1.82) is 0 Å². The van der Waals surface area contributed by atoms with Crippen LogP contribution in [0.25, 0.3) is 65.9 Å². The van der Waals surface area contributed by atoms with Gasteiger partial charge in [0.15, 0.2) is 5.82 Å². The molecule has 83 heavy (non-hydrogen) atoms. The van der Waals surface area contributed by atoms with E-state index in [9.17, 15) is 10.2 Å². The molecule has 5 atom stereocenters. The van der Waals surface area contributed by atoms with E-state index in [1.165, 1.54) is 64.5 Å². The molecular weight excluding hydrogens is 1060 g/mol. The van der Waals surface area contributed by atoms with Crippen molar-refractivity contribution >= 4 is 69.5 Å². The van der Waals surface area contributed by atoms with Crippen molar-refractivity contribution < 1.29 is 24.1 Å². The number of nitrogens with zero attached hydrogens (tertiary/aromatic N) is 10. The van der Waals surface area contributed by atoms with Gasteiger partial charge in [-0.2, -0.15) is 19.9 Å². The van der Waals surface area contributed by atoms with Crippen LogP contribution in [0.2, 0.25) is 0 Å². The summed E-state index contributed by atoms with van der Waals surface area (Å²) >= 11 is 0. The molecule has 8 aliphatic rings. The monoisotopic (exact) mass is 1140 g/mol. The number of halogens is 1. The standard InChI is InChI=1S/C33H37FN6O2.C32H37N6O2P/c34-28-29(25-8-2-7-21-5-1-6-22(11-16-41)27(21)25)35-17-26-30(28)37-32(42-20-33-12-3-14-40(33)15-4-13-33)38-31(26)39-18-23-9-10-24(19-39)36-23;39-18-21-7-1-5-20-6-2-8-24(26(20)21)27-29(41)28-25(15-33-27)30(37-16-22-9-10-23(17-37)34-22)36-31(35-28)40-19-32-11-3-13-38(32)14-4-12-32/h1-2,5-8,17,23-24,36,41H,3-4,9-16,18-20H2;1-2,5-8,15,22-23,34,39H,3-4,9-14,16-19,41H2. The van der Waals surface area contributed by atoms with Gasteiger partial charge in [-0.25, -0.2) is 4.39 Å². The number of benzene rings is 4. The number of ether oxygens (including phenoxy) is 2. The quantitative estimate of drug-likeness (QED) is 0.0813. The maximum Gasteiger partial charge on any atom is 0.319 e. The average Bonchev–Trinajstić information content (AvgIpc) is 3.87. The van der Waals surface area contributed by atoms with Crippen LogP contribution in [0.3, 0.4) is 0 Å². The number of anilines is 2. The van der Waals surface area contributed by atoms with Crippen LogP contribution in [0.4, 0.5) is 16.0 Å². The highest BCUT2D eigenvalue weighted by molar-refractivity contribution is 7.28. The third-order valence-corrected chi connectivity index (χ3v) is 20.6. The number of hydrogen-bond donors (Lipinski definition) is 4. The molecule has 12 heterocycles. The van der Waals surface area contributed by atoms with Crippen molar-refractivity contribution in [2.75, 3.05) is 82.0 Å². The maximum absolute atomic E-state index is 16.8. The second-order valence-corrected chi connectivity index (χ2v) is 25.5. The molecule has 8 aromatic rings. The highest BCUT2D eigenvalue weighted by Gasteiger charge is 2.47. The molecule has 4 bridgehead atoms. The number of pyridine rings is 2. The Bertz CT molecular complexity index is 3740. The molecule has 4 aromatic heterocycles. The van der Waals surface area contributed by atoms with Gasteiger partial charge in [-0.1, -0.05) is 72.8 Å². The van der Waals surface area contributed by atoms with E-state index in [4.69, 9.17) is 39.4 Å². The van der Waals surface area contributed by atoms with Gasteiger partial charge in [0.25, 0.3) is 0 Å². The minimum absolute atomic E-state index is 0.0178. The van der Waals surface area contributed by atoms with E-state index in [0.717, 1.165) is 131 Å². The molecule has 0 radical (unpaired) electrons. The van der Waals surface area contributed by atoms with Gasteiger partial charge >= 0.3 is 12.0 Å². The molecule has 8 fully saturated rings. The fourth-order valence-electron chi connectivity index (χ4n) is 16.1. The Kier molecular flexibility index (Phi) is 14.1. The molecule has 430 valence electrons. The van der Waals surface area contributed by atoms with Gasteiger partial charge in [-0.05, 0) is 142 Å². The minimum atomic E-state index is -0.466. The van der Waals surface area contributed by atoms with Gasteiger partial charge in [0, 0.05) is 85.8 Å². The van der Waals surface area contributed by atoms with E-state index in [0.29, 0.717) is 66.6 Å². The third-order valence-electron chi connectivity index (χ3n) is 20.0. The number of aliphatic hydroxyl groups is 2. The zero-order chi connectivity index (χ0) is 55.8. The molecule has 8 aliphatic heterocycles. The summed E-state index contributed by atoms with van der Waals surface area (Å²) in [6.07, 6.45) is 18.3. The van der Waals surface area contributed by atoms with Crippen LogP contribution in [0.5, 0.6) is 12.0 Å². The molecule has 0 amide bonds. The number of nitrogens with one attached hydrogen (secondary N) is 2. The lowest BCUT2D eigenvalue weighted by Crippen LogP contribution is -2.51. The first-order valence-electron chi connectivity index (χ1n) is 30.6. The van der Waals surface area contributed by atoms with Crippen molar-refractivity contribution in [3.8, 4) is 34.5 Å². The predicted octanol–water partition coefficient (Wildman–Crippen LogP) is 8.25. The molecule has 18 heteroatoms. The second-order valence-electron chi connectivity index (χ2n) is 24.9. The smallest absolute Gasteiger partial charge is 0.319 e. The van der Waals surface area contributed by atoms with Crippen LogP contribution in [-0.2, 0) is 13.0 Å². The van der Waals surface area contributed by atoms with Gasteiger partial charge in [0.05, 0.1) is 39.7 Å². The number of rotatable bonds is 13. The van der Waals surface area contributed by atoms with Crippen LogP contribution in [0.15, 0.2) is 85.2 Å². The summed E-state index contributed by atoms with van der Waals surface area (Å²) in [7, 11) is 2.92. The van der Waals surface area contributed by atoms with Gasteiger partial charge in [-0.3, -0.25) is 19.8 Å². The van der Waals surface area contributed by atoms with Crippen LogP contribution in [0, 0.1) is 5.82 Å². The van der Waals surface area contributed by atoms with Crippen molar-refractivity contribution in [3.05, 3.63) is 102 Å². The number of hydrogen-bond acceptors (Lipinski definition) is 16. The Balaban J connectivity index is 0.000000142. The first-order chi connectivity index (χ1) is 40.7. The van der Waals surface area contributed by atoms with Gasteiger partial charge < -0.3 is 40.1 Å². The SMILES string of the molecule is OCCc1cccc2cccc(-c3ncc4c(N5CC6CCC(C5)N6)nc(OCC56CCCN5CCC6)nc4c3F)c12.OCc1cccc2cccc(-c3ncc4c(N5CC6CCC(C5)N6)nc(OCC56CCCN5CCC6)nc4c3P)c12. The second kappa shape index (κ2) is 22.0. The predicted molar refractivity (Wildman–Crippen MR) is 327 cm³/mol. The lowest BCUT2D eigenvalue weighted by Gasteiger charge is -2.34. The van der Waals surface area contributed by atoms with Gasteiger partial charge in [-0.15, -0.1) is 9.24 Å². The fraction of sp³-hybridized carbons (Fsp3) is 0.477. The first-order valence-corrected chi connectivity index (χ1v) is 31.2. The van der Waals surface area contributed by atoms with E-state index in [-0.39, 0.29) is 41.5 Å². The molecule has 16 rings (SSSR count). The van der Waals surface area contributed by atoms with Crippen molar-refractivity contribution in [2.24, 2.45) is 0 Å². The topological polar surface area (TPSA) is 173 Å². The fourth-order valence-corrected chi connectivity index (χ4v) is 16.5. The lowest BCUT2D eigenvalue weighted by molar-refractivity contribution is 0.108. The number of aromatic nitrogens is 6. The summed E-state index contributed by atoms with van der Waals surface area (Å²) in [6.45, 7) is 9.21. The van der Waals surface area contributed by atoms with Crippen molar-refractivity contribution in [1.82, 2.24) is 50.3 Å². The normalized spacial score (nSPS) is 23.4. The Labute approximate surface area is 485 Å². The molecule has 16 nitrogen and oxygen atoms in total. The van der Waals surface area contributed by atoms with E-state index in [2.05, 4.69) is 63.7 Å². The largest absolute Gasteiger partial charge is 0.461 e. The lowest BCUT2D eigenvalue weighted by atomic mass is 9.95. The van der Waals surface area contributed by atoms with E-state index >= 15 is 4.39 Å². The summed E-state index contributed by atoms with van der Waals surface area (Å²) in [5.41, 5.74) is 5.93. The summed E-state index contributed by atoms with van der Waals surface area (Å²) in [4.78, 5) is 39.4. The van der Waals surface area contributed by atoms with Crippen LogP contribution in [-0.4, -0.2) is 157 Å². The summed E-state index contributed by atoms with van der Waals surface area (Å²) in [5.74, 6) is 1.16. The molecule has 8 saturated heterocycles. The zero-order valence-electron chi connectivity index (χ0n) is 47.2. The van der Waals surface area contributed by atoms with E-state index < -0.39 is 5.82 Å². The van der Waals surface area contributed by atoms with Crippen molar-refractivity contribution in [2.45, 2.75) is 125 Å². The average molecular weight is 1140 g/mol. The number of aliphatic hydroxyl groups excluding tert-OH is 2. The molecule has 4 N–H and O–H groups in total. The highest BCUT2D eigenvalue weighted by atomic mass is 31.0. The summed E-state index contributed by atoms with van der Waals surface area (Å²) in [5, 5.41) is 33.8. The molecule has 0 spiro atoms. The molecule has 0 saturated carbocycles. The molecular formula is C65H74FN12O4P. The summed E-state index contributed by atoms with van der Waals surface area (Å²) in [6, 6.07) is 26.6. The Hall–Kier alpha value is -6.30. The Morgan fingerprint density at radius 1 is 0.566 bits per heavy atom. The van der Waals surface area contributed by atoms with Gasteiger partial charge in [0.1, 0.15) is 36.1 Å². The van der Waals surface area contributed by atoms with E-state index in [1.807, 2.05) is 54.7 Å². The van der Waals surface area contributed by atoms with Crippen LogP contribution in [0.1, 0.15) is 88.2 Å². The highest BCUT2D eigenvalue weighted by Crippen LogP contribution is 2.43. The Morgan fingerprint density at radius 2 is 1.01 bits per heavy atom. The summed E-state index contributed by atoms with van der Waals surface area (Å²) < 4.78 is 29.7. The van der Waals surface area contributed by atoms with Crippen LogP contribution < -0.4 is 35.2 Å². The Morgan fingerprint density at radius 3 is 1.52 bits per heavy atom. The van der Waals surface area contributed by atoms with Gasteiger partial charge in [0.2, 0.25) is 0 Å². The minimum Gasteiger partial charge on any atom is -0.461 e. The number of piperazine rings is 2. The van der Waals surface area contributed by atoms with Crippen molar-refractivity contribution in [3.63, 3.8) is 0 Å². The van der Waals surface area contributed by atoms with Crippen LogP contribution >= 0.6 is 9.24 Å². The number of fused-ring (bicyclic) bond motifs is 10. The van der Waals surface area contributed by atoms with E-state index in [1.54, 1.807) is 6.20 Å². The molecule has 4 aromatic carbocycles. The third kappa shape index (κ3) is 9.62. The maximum atomic E-state index is 16.8.